The van der Waals surface area contributed by atoms with Crippen LogP contribution in [0.3, 0.4) is 0 Å². The van der Waals surface area contributed by atoms with Gasteiger partial charge in [-0.25, -0.2) is 4.98 Å². The molecular formula is C26H30N4O2. The Bertz CT molecular complexity index is 1070. The maximum Gasteiger partial charge on any atom is 0.242 e. The van der Waals surface area contributed by atoms with Gasteiger partial charge in [0.1, 0.15) is 0 Å². The Labute approximate surface area is 188 Å². The largest absolute Gasteiger partial charge is 0.345 e. The molecule has 1 saturated carbocycles. The third-order valence-electron chi connectivity index (χ3n) is 7.05. The summed E-state index contributed by atoms with van der Waals surface area (Å²) in [5, 5.41) is 0. The molecule has 6 rings (SSSR count). The number of benzene rings is 2. The fourth-order valence-electron chi connectivity index (χ4n) is 5.33. The number of hydrogen-bond acceptors (Lipinski definition) is 3. The van der Waals surface area contributed by atoms with E-state index in [1.54, 1.807) is 6.33 Å². The number of fused-ring (bicyclic) bond motifs is 4. The number of carbonyl (C=O) groups excluding carboxylic acids is 2. The number of para-hydroxylation sites is 2. The molecule has 3 heterocycles. The summed E-state index contributed by atoms with van der Waals surface area (Å²) in [6, 6.07) is 16.4. The van der Waals surface area contributed by atoms with Gasteiger partial charge >= 0.3 is 0 Å². The van der Waals surface area contributed by atoms with Gasteiger partial charge in [-0.2, -0.15) is 0 Å². The van der Waals surface area contributed by atoms with Crippen LogP contribution < -0.4 is 0 Å². The van der Waals surface area contributed by atoms with Crippen molar-refractivity contribution >= 4 is 22.8 Å². The topological polar surface area (TPSA) is 69.3 Å². The van der Waals surface area contributed by atoms with Crippen LogP contribution in [-0.4, -0.2) is 51.2 Å². The third-order valence-corrected chi connectivity index (χ3v) is 7.05. The maximum atomic E-state index is 12.8. The zero-order valence-corrected chi connectivity index (χ0v) is 18.4. The van der Waals surface area contributed by atoms with Crippen molar-refractivity contribution in [2.75, 3.05) is 19.6 Å². The van der Waals surface area contributed by atoms with Crippen LogP contribution in [0.2, 0.25) is 0 Å². The Morgan fingerprint density at radius 3 is 2.62 bits per heavy atom. The lowest BCUT2D eigenvalue weighted by atomic mass is 9.87. The van der Waals surface area contributed by atoms with E-state index in [0.717, 1.165) is 49.7 Å². The van der Waals surface area contributed by atoms with Crippen LogP contribution in [0, 0.1) is 5.92 Å². The standard InChI is InChI=1S/C19H24N2O2.C7H6N2/c22-18-13-20(19(23)15-7-2-1-3-8-15)12-17-16-9-5-4-6-14(16)10-11-21(17)18;1-2-4-7-6(3-1)8-5-9-7/h4-6,9,15,17H,1-3,7-8,10-13H2;1-5H,(H,8,9). The van der Waals surface area contributed by atoms with Crippen molar-refractivity contribution in [3.63, 3.8) is 0 Å². The number of nitrogens with one attached hydrogen (secondary N) is 1. The van der Waals surface area contributed by atoms with Gasteiger partial charge in [-0.3, -0.25) is 9.59 Å². The second-order valence-electron chi connectivity index (χ2n) is 9.03. The number of H-pyrrole nitrogens is 1. The smallest absolute Gasteiger partial charge is 0.242 e. The van der Waals surface area contributed by atoms with Gasteiger partial charge in [0.2, 0.25) is 11.8 Å². The first-order valence-electron chi connectivity index (χ1n) is 11.7. The molecule has 1 atom stereocenters. The molecule has 0 radical (unpaired) electrons. The first kappa shape index (κ1) is 20.7. The Kier molecular flexibility index (Phi) is 5.93. The van der Waals surface area contributed by atoms with Crippen molar-refractivity contribution in [3.8, 4) is 0 Å². The highest BCUT2D eigenvalue weighted by Gasteiger charge is 2.39. The predicted octanol–water partition coefficient (Wildman–Crippen LogP) is 4.10. The molecular weight excluding hydrogens is 400 g/mol. The minimum atomic E-state index is 0.0498. The summed E-state index contributed by atoms with van der Waals surface area (Å²) >= 11 is 0. The van der Waals surface area contributed by atoms with Crippen LogP contribution in [0.4, 0.5) is 0 Å². The SMILES string of the molecule is O=C(C1CCCCC1)N1CC(=O)N2CCc3ccccc3C2C1.c1ccc2[nH]cnc2c1. The average molecular weight is 431 g/mol. The number of carbonyl (C=O) groups is 2. The number of nitrogens with zero attached hydrogens (tertiary/aromatic N) is 3. The lowest BCUT2D eigenvalue weighted by molar-refractivity contribution is -0.152. The molecule has 2 aromatic carbocycles. The van der Waals surface area contributed by atoms with Crippen LogP contribution in [0.25, 0.3) is 11.0 Å². The summed E-state index contributed by atoms with van der Waals surface area (Å²) in [6.07, 6.45) is 8.16. The summed E-state index contributed by atoms with van der Waals surface area (Å²) in [4.78, 5) is 36.3. The van der Waals surface area contributed by atoms with E-state index < -0.39 is 0 Å². The molecule has 1 aromatic heterocycles. The van der Waals surface area contributed by atoms with E-state index in [0.29, 0.717) is 6.54 Å². The number of piperazine rings is 1. The minimum Gasteiger partial charge on any atom is -0.345 e. The van der Waals surface area contributed by atoms with Crippen molar-refractivity contribution in [2.24, 2.45) is 5.92 Å². The second-order valence-corrected chi connectivity index (χ2v) is 9.03. The van der Waals surface area contributed by atoms with Crippen molar-refractivity contribution in [1.29, 1.82) is 0 Å². The van der Waals surface area contributed by atoms with Crippen LogP contribution in [0.5, 0.6) is 0 Å². The van der Waals surface area contributed by atoms with Crippen molar-refractivity contribution in [1.82, 2.24) is 19.8 Å². The van der Waals surface area contributed by atoms with Crippen molar-refractivity contribution < 1.29 is 9.59 Å². The number of rotatable bonds is 1. The molecule has 3 aromatic rings. The Morgan fingerprint density at radius 2 is 1.78 bits per heavy atom. The molecule has 6 heteroatoms. The number of hydrogen-bond donors (Lipinski definition) is 1. The molecule has 1 aliphatic carbocycles. The first-order chi connectivity index (χ1) is 15.7. The van der Waals surface area contributed by atoms with Gasteiger partial charge in [0, 0.05) is 19.0 Å². The fourth-order valence-corrected chi connectivity index (χ4v) is 5.33. The number of aromatic amines is 1. The highest BCUT2D eigenvalue weighted by atomic mass is 16.2. The second kappa shape index (κ2) is 9.15. The summed E-state index contributed by atoms with van der Waals surface area (Å²) < 4.78 is 0. The normalized spacial score (nSPS) is 20.9. The number of amides is 2. The van der Waals surface area contributed by atoms with E-state index in [1.165, 1.54) is 17.5 Å². The summed E-state index contributed by atoms with van der Waals surface area (Å²) in [5.41, 5.74) is 4.68. The van der Waals surface area contributed by atoms with Crippen LogP contribution in [0.1, 0.15) is 49.3 Å². The highest BCUT2D eigenvalue weighted by molar-refractivity contribution is 5.87. The number of aromatic nitrogens is 2. The zero-order valence-electron chi connectivity index (χ0n) is 18.4. The quantitative estimate of drug-likeness (QED) is 0.632. The van der Waals surface area contributed by atoms with Gasteiger partial charge in [-0.05, 0) is 42.5 Å². The zero-order chi connectivity index (χ0) is 21.9. The monoisotopic (exact) mass is 430 g/mol. The van der Waals surface area contributed by atoms with Gasteiger partial charge < -0.3 is 14.8 Å². The van der Waals surface area contributed by atoms with Gasteiger partial charge in [-0.1, -0.05) is 55.7 Å². The molecule has 2 amide bonds. The summed E-state index contributed by atoms with van der Waals surface area (Å²) in [7, 11) is 0. The molecule has 166 valence electrons. The van der Waals surface area contributed by atoms with Gasteiger partial charge in [0.25, 0.3) is 0 Å². The Morgan fingerprint density at radius 1 is 1.00 bits per heavy atom. The van der Waals surface area contributed by atoms with E-state index in [2.05, 4.69) is 28.2 Å². The van der Waals surface area contributed by atoms with Crippen LogP contribution in [-0.2, 0) is 16.0 Å². The molecule has 3 aliphatic rings. The van der Waals surface area contributed by atoms with E-state index in [4.69, 9.17) is 0 Å². The molecule has 2 aliphatic heterocycles. The molecule has 2 fully saturated rings. The summed E-state index contributed by atoms with van der Waals surface area (Å²) in [6.45, 7) is 1.72. The minimum absolute atomic E-state index is 0.0498. The molecule has 1 unspecified atom stereocenters. The maximum absolute atomic E-state index is 12.8. The van der Waals surface area contributed by atoms with E-state index in [-0.39, 0.29) is 30.3 Å². The van der Waals surface area contributed by atoms with Crippen molar-refractivity contribution in [3.05, 3.63) is 66.0 Å². The third kappa shape index (κ3) is 4.14. The van der Waals surface area contributed by atoms with Crippen LogP contribution >= 0.6 is 0 Å². The lowest BCUT2D eigenvalue weighted by Crippen LogP contribution is -2.56. The first-order valence-corrected chi connectivity index (χ1v) is 11.7. The van der Waals surface area contributed by atoms with Crippen LogP contribution in [0.15, 0.2) is 54.9 Å². The molecule has 1 N–H and O–H groups in total. The Balaban J connectivity index is 0.000000199. The fraction of sp³-hybridized carbons (Fsp3) is 0.423. The number of imidazole rings is 1. The van der Waals surface area contributed by atoms with E-state index >= 15 is 0 Å². The van der Waals surface area contributed by atoms with Gasteiger partial charge in [0.05, 0.1) is 29.9 Å². The van der Waals surface area contributed by atoms with Gasteiger partial charge in [-0.15, -0.1) is 0 Å². The highest BCUT2D eigenvalue weighted by Crippen LogP contribution is 2.34. The molecule has 0 spiro atoms. The summed E-state index contributed by atoms with van der Waals surface area (Å²) in [5.74, 6) is 0.461. The van der Waals surface area contributed by atoms with E-state index in [1.807, 2.05) is 40.1 Å². The molecule has 0 bridgehead atoms. The molecule has 1 saturated heterocycles. The Hall–Kier alpha value is -3.15. The van der Waals surface area contributed by atoms with E-state index in [9.17, 15) is 9.59 Å². The van der Waals surface area contributed by atoms with Crippen molar-refractivity contribution in [2.45, 2.75) is 44.6 Å². The average Bonchev–Trinajstić information content (AvgIpc) is 3.33. The van der Waals surface area contributed by atoms with Gasteiger partial charge in [0.15, 0.2) is 0 Å². The molecule has 6 nitrogen and oxygen atoms in total. The lowest BCUT2D eigenvalue weighted by Gasteiger charge is -2.45. The predicted molar refractivity (Wildman–Crippen MR) is 124 cm³/mol. The molecule has 32 heavy (non-hydrogen) atoms.